The van der Waals surface area contributed by atoms with Crippen LogP contribution in [0.4, 0.5) is 0 Å². The van der Waals surface area contributed by atoms with Crippen molar-refractivity contribution in [2.45, 2.75) is 334 Å². The van der Waals surface area contributed by atoms with Crippen LogP contribution in [-0.2, 0) is 33.3 Å². The molecular weight excluding hydrogens is 1130 g/mol. The molecule has 0 aliphatic carbocycles. The average Bonchev–Trinajstić information content (AvgIpc) is 3.53. The first-order chi connectivity index (χ1) is 44.6. The number of ether oxygens (including phenoxy) is 4. The number of carbonyl (C=O) groups excluding carboxylic acids is 2. The zero-order chi connectivity index (χ0) is 66.1. The number of rotatable bonds is 69. The molecule has 0 heterocycles. The number of carboxylic acid groups (broad SMARTS) is 1. The molecule has 2 atom stereocenters. The summed E-state index contributed by atoms with van der Waals surface area (Å²) in [6, 6.07) is 0. The molecule has 0 aromatic heterocycles. The summed E-state index contributed by atoms with van der Waals surface area (Å²) < 4.78 is 23.0. The third kappa shape index (κ3) is 73.0. The van der Waals surface area contributed by atoms with Gasteiger partial charge < -0.3 is 28.5 Å². The van der Waals surface area contributed by atoms with Crippen LogP contribution in [-0.4, -0.2) is 87.4 Å². The second-order valence-electron chi connectivity index (χ2n) is 26.2. The van der Waals surface area contributed by atoms with Crippen LogP contribution in [0, 0.1) is 0 Å². The smallest absolute Gasteiger partial charge is 0.361 e. The third-order valence-corrected chi connectivity index (χ3v) is 16.2. The van der Waals surface area contributed by atoms with Gasteiger partial charge in [-0.3, -0.25) is 9.59 Å². The van der Waals surface area contributed by atoms with E-state index < -0.39 is 24.3 Å². The second-order valence-corrected chi connectivity index (χ2v) is 26.2. The van der Waals surface area contributed by atoms with Crippen molar-refractivity contribution in [2.75, 3.05) is 47.5 Å². The maximum Gasteiger partial charge on any atom is 0.361 e. The van der Waals surface area contributed by atoms with Gasteiger partial charge in [0, 0.05) is 12.8 Å². The van der Waals surface area contributed by atoms with Gasteiger partial charge in [0.05, 0.1) is 34.4 Å². The molecule has 0 saturated heterocycles. The molecule has 0 aromatic rings. The standard InChI is InChI=1S/C82H141NO8/c1-6-8-10-12-14-16-18-20-22-24-26-28-30-32-33-34-35-36-37-38-39-40-41-42-43-44-45-46-47-49-51-53-55-57-59-61-63-65-67-69-71-73-80(85)91-78(77-90-82(81(86)87)88-75-74-83(3,4)5)76-89-79(84)72-70-68-66-64-62-60-58-56-54-52-50-48-31-29-27-25-23-21-19-17-15-13-11-9-7-2/h8,10,14,16,20,22,26,28,32-33,35-36,38-39,41-42,44-45,47,49,78,82H,6-7,9,11-13,15,17-19,21,23-25,27,29-31,34,37,40,43,46,48,50-77H2,1-5H3/p+1/b10-8-,16-14-,22-20-,28-26-,33-32-,36-35-,39-38-,42-41-,45-44-,49-47-. The summed E-state index contributed by atoms with van der Waals surface area (Å²) in [6.45, 7) is 4.79. The molecule has 0 fully saturated rings. The SMILES string of the molecule is CC/C=C\C/C=C\C/C=C\C/C=C\C/C=C\C/C=C\C/C=C\C/C=C\C/C=C\C/C=C\CCCCCCCCCCCCC(=O)OC(COC(=O)CCCCCCCCCCCCCCCCCCCCCCCCCCC)COC(OCC[N+](C)(C)C)C(=O)O. The average molecular weight is 1270 g/mol. The summed E-state index contributed by atoms with van der Waals surface area (Å²) in [7, 11) is 5.98. The number of hydrogen-bond acceptors (Lipinski definition) is 7. The molecule has 9 nitrogen and oxygen atoms in total. The molecule has 0 spiro atoms. The second kappa shape index (κ2) is 71.5. The Morgan fingerprint density at radius 1 is 0.341 bits per heavy atom. The summed E-state index contributed by atoms with van der Waals surface area (Å²) in [5.74, 6) is -2.00. The number of aliphatic carboxylic acids is 1. The molecule has 0 radical (unpaired) electrons. The van der Waals surface area contributed by atoms with Crippen molar-refractivity contribution in [1.82, 2.24) is 0 Å². The lowest BCUT2D eigenvalue weighted by Crippen LogP contribution is -2.40. The molecule has 0 rings (SSSR count). The van der Waals surface area contributed by atoms with Crippen molar-refractivity contribution in [3.63, 3.8) is 0 Å². The van der Waals surface area contributed by atoms with Gasteiger partial charge in [0.1, 0.15) is 13.2 Å². The Morgan fingerprint density at radius 3 is 0.934 bits per heavy atom. The van der Waals surface area contributed by atoms with Gasteiger partial charge in [0.15, 0.2) is 6.10 Å². The Morgan fingerprint density at radius 2 is 0.626 bits per heavy atom. The Bertz CT molecular complexity index is 1910. The molecule has 0 saturated carbocycles. The number of quaternary nitrogens is 1. The Labute approximate surface area is 561 Å². The molecule has 0 amide bonds. The highest BCUT2D eigenvalue weighted by Crippen LogP contribution is 2.18. The largest absolute Gasteiger partial charge is 0.477 e. The number of nitrogens with zero attached hydrogens (tertiary/aromatic N) is 1. The molecule has 91 heavy (non-hydrogen) atoms. The lowest BCUT2D eigenvalue weighted by molar-refractivity contribution is -0.870. The summed E-state index contributed by atoms with van der Waals surface area (Å²) in [4.78, 5) is 37.7. The molecule has 0 aliphatic rings. The molecule has 0 aliphatic heterocycles. The van der Waals surface area contributed by atoms with E-state index in [9.17, 15) is 19.5 Å². The number of hydrogen-bond donors (Lipinski definition) is 1. The van der Waals surface area contributed by atoms with E-state index >= 15 is 0 Å². The van der Waals surface area contributed by atoms with Crippen molar-refractivity contribution in [2.24, 2.45) is 0 Å². The summed E-state index contributed by atoms with van der Waals surface area (Å²) in [5.41, 5.74) is 0. The van der Waals surface area contributed by atoms with Gasteiger partial charge in [-0.15, -0.1) is 0 Å². The summed E-state index contributed by atoms with van der Waals surface area (Å²) in [6.07, 6.45) is 99.0. The number of unbranched alkanes of at least 4 members (excludes halogenated alkanes) is 34. The monoisotopic (exact) mass is 1270 g/mol. The lowest BCUT2D eigenvalue weighted by Gasteiger charge is -2.25. The van der Waals surface area contributed by atoms with Crippen LogP contribution < -0.4 is 0 Å². The Balaban J connectivity index is 4.11. The highest BCUT2D eigenvalue weighted by molar-refractivity contribution is 5.71. The van der Waals surface area contributed by atoms with Crippen molar-refractivity contribution in [1.29, 1.82) is 0 Å². The Kier molecular flexibility index (Phi) is 68.1. The zero-order valence-corrected chi connectivity index (χ0v) is 59.7. The highest BCUT2D eigenvalue weighted by Gasteiger charge is 2.25. The van der Waals surface area contributed by atoms with E-state index in [0.717, 1.165) is 109 Å². The zero-order valence-electron chi connectivity index (χ0n) is 59.7. The van der Waals surface area contributed by atoms with Crippen molar-refractivity contribution < 1.29 is 42.9 Å². The summed E-state index contributed by atoms with van der Waals surface area (Å²) >= 11 is 0. The van der Waals surface area contributed by atoms with Gasteiger partial charge in [-0.1, -0.05) is 341 Å². The van der Waals surface area contributed by atoms with Gasteiger partial charge in [0.2, 0.25) is 0 Å². The van der Waals surface area contributed by atoms with Gasteiger partial charge in [0.25, 0.3) is 6.29 Å². The van der Waals surface area contributed by atoms with Gasteiger partial charge in [-0.05, 0) is 89.9 Å². The van der Waals surface area contributed by atoms with Crippen LogP contribution >= 0.6 is 0 Å². The molecule has 1 N–H and O–H groups in total. The van der Waals surface area contributed by atoms with E-state index in [1.807, 2.05) is 21.1 Å². The quantitative estimate of drug-likeness (QED) is 0.0211. The van der Waals surface area contributed by atoms with E-state index in [1.54, 1.807) is 0 Å². The van der Waals surface area contributed by atoms with Crippen LogP contribution in [0.3, 0.4) is 0 Å². The number of esters is 2. The van der Waals surface area contributed by atoms with Gasteiger partial charge in [-0.2, -0.15) is 0 Å². The number of carbonyl (C=O) groups is 3. The van der Waals surface area contributed by atoms with Gasteiger partial charge in [-0.25, -0.2) is 4.79 Å². The minimum atomic E-state index is -1.52. The van der Waals surface area contributed by atoms with Crippen LogP contribution in [0.15, 0.2) is 122 Å². The number of likely N-dealkylation sites (N-methyl/N-ethyl adjacent to an activating group) is 1. The fourth-order valence-corrected chi connectivity index (χ4v) is 10.5. The number of allylic oxidation sites excluding steroid dienone is 20. The fraction of sp³-hybridized carbons (Fsp3) is 0.720. The van der Waals surface area contributed by atoms with Crippen LogP contribution in [0.25, 0.3) is 0 Å². The number of carboxylic acids is 1. The Hall–Kier alpha value is -4.31. The van der Waals surface area contributed by atoms with Crippen LogP contribution in [0.2, 0.25) is 0 Å². The maximum absolute atomic E-state index is 13.0. The van der Waals surface area contributed by atoms with Crippen LogP contribution in [0.5, 0.6) is 0 Å². The van der Waals surface area contributed by atoms with E-state index in [-0.39, 0.29) is 32.2 Å². The molecular formula is C82H142NO8+. The van der Waals surface area contributed by atoms with Crippen molar-refractivity contribution in [3.8, 4) is 0 Å². The maximum atomic E-state index is 13.0. The van der Waals surface area contributed by atoms with Gasteiger partial charge >= 0.3 is 17.9 Å². The first kappa shape index (κ1) is 86.7. The van der Waals surface area contributed by atoms with E-state index in [2.05, 4.69) is 135 Å². The molecule has 2 unspecified atom stereocenters. The first-order valence-corrected chi connectivity index (χ1v) is 37.7. The topological polar surface area (TPSA) is 108 Å². The lowest BCUT2D eigenvalue weighted by atomic mass is 10.0. The highest BCUT2D eigenvalue weighted by atomic mass is 16.7. The fourth-order valence-electron chi connectivity index (χ4n) is 10.5. The van der Waals surface area contributed by atoms with Crippen molar-refractivity contribution in [3.05, 3.63) is 122 Å². The third-order valence-electron chi connectivity index (χ3n) is 16.2. The summed E-state index contributed by atoms with van der Waals surface area (Å²) in [5, 5.41) is 9.76. The van der Waals surface area contributed by atoms with E-state index in [4.69, 9.17) is 18.9 Å². The predicted molar refractivity (Wildman–Crippen MR) is 391 cm³/mol. The van der Waals surface area contributed by atoms with Crippen molar-refractivity contribution >= 4 is 17.9 Å². The molecule has 0 aromatic carbocycles. The molecule has 0 bridgehead atoms. The minimum Gasteiger partial charge on any atom is -0.477 e. The molecule has 522 valence electrons. The van der Waals surface area contributed by atoms with Crippen LogP contribution in [0.1, 0.15) is 322 Å². The van der Waals surface area contributed by atoms with E-state index in [0.29, 0.717) is 23.9 Å². The normalized spacial score (nSPS) is 13.4. The minimum absolute atomic E-state index is 0.184. The predicted octanol–water partition coefficient (Wildman–Crippen LogP) is 23.9. The first-order valence-electron chi connectivity index (χ1n) is 37.7. The molecule has 9 heteroatoms. The van der Waals surface area contributed by atoms with E-state index in [1.165, 1.54) is 180 Å².